The molecule has 3 aromatic heterocycles. The fraction of sp³-hybridized carbons (Fsp3) is 0.280. The molecule has 1 N–H and O–H groups in total. The smallest absolute Gasteiger partial charge is 0.257 e. The highest BCUT2D eigenvalue weighted by molar-refractivity contribution is 6.09. The minimum atomic E-state index is -0.185. The van der Waals surface area contributed by atoms with Crippen LogP contribution in [-0.4, -0.2) is 44.7 Å². The van der Waals surface area contributed by atoms with E-state index in [4.69, 9.17) is 5.10 Å². The van der Waals surface area contributed by atoms with Crippen LogP contribution in [0.3, 0.4) is 0 Å². The number of amides is 1. The standard InChI is InChI=1S/C25H28N6O/c1-5-21-23-22(28-25(32)18-9-7-13-26-14-18)12-11-19(15-30(3)4)24(23)31(29-21)16-20-10-6-8-17(2)27-20/h6-14H,5,15-16H2,1-4H3,(H,28,32). The molecular weight excluding hydrogens is 400 g/mol. The van der Waals surface area contributed by atoms with E-state index in [1.54, 1.807) is 24.5 Å². The van der Waals surface area contributed by atoms with E-state index in [-0.39, 0.29) is 5.91 Å². The SMILES string of the molecule is CCc1nn(Cc2cccc(C)n2)c2c(CN(C)C)ccc(NC(=O)c3cccnc3)c12. The van der Waals surface area contributed by atoms with Crippen molar-refractivity contribution in [2.45, 2.75) is 33.4 Å². The highest BCUT2D eigenvalue weighted by atomic mass is 16.1. The molecule has 7 heteroatoms. The van der Waals surface area contributed by atoms with Crippen LogP contribution in [0.2, 0.25) is 0 Å². The number of aryl methyl sites for hydroxylation is 2. The normalized spacial score (nSPS) is 11.3. The minimum absolute atomic E-state index is 0.185. The number of anilines is 1. The van der Waals surface area contributed by atoms with Crippen LogP contribution in [0.4, 0.5) is 5.69 Å². The molecule has 4 aromatic rings. The Labute approximate surface area is 188 Å². The Morgan fingerprint density at radius 2 is 1.97 bits per heavy atom. The lowest BCUT2D eigenvalue weighted by molar-refractivity contribution is 0.102. The molecule has 0 spiro atoms. The second-order valence-corrected chi connectivity index (χ2v) is 8.16. The number of nitrogens with zero attached hydrogens (tertiary/aromatic N) is 5. The van der Waals surface area contributed by atoms with Gasteiger partial charge < -0.3 is 10.2 Å². The number of carbonyl (C=O) groups is 1. The van der Waals surface area contributed by atoms with Crippen molar-refractivity contribution in [1.29, 1.82) is 0 Å². The predicted molar refractivity (Wildman–Crippen MR) is 127 cm³/mol. The summed E-state index contributed by atoms with van der Waals surface area (Å²) < 4.78 is 2.02. The maximum atomic E-state index is 12.9. The number of hydrogen-bond acceptors (Lipinski definition) is 5. The number of aromatic nitrogens is 4. The average Bonchev–Trinajstić information content (AvgIpc) is 3.14. The van der Waals surface area contributed by atoms with E-state index in [1.807, 2.05) is 50.0 Å². The van der Waals surface area contributed by atoms with Gasteiger partial charge in [0.05, 0.1) is 34.7 Å². The van der Waals surface area contributed by atoms with E-state index in [1.165, 1.54) is 0 Å². The van der Waals surface area contributed by atoms with Crippen LogP contribution in [0, 0.1) is 6.92 Å². The van der Waals surface area contributed by atoms with Crippen LogP contribution in [0.1, 0.15) is 39.9 Å². The van der Waals surface area contributed by atoms with Crippen LogP contribution >= 0.6 is 0 Å². The monoisotopic (exact) mass is 428 g/mol. The van der Waals surface area contributed by atoms with E-state index in [0.29, 0.717) is 12.1 Å². The van der Waals surface area contributed by atoms with Crippen molar-refractivity contribution >= 4 is 22.5 Å². The summed E-state index contributed by atoms with van der Waals surface area (Å²) in [5.41, 5.74) is 6.36. The summed E-state index contributed by atoms with van der Waals surface area (Å²) in [5.74, 6) is -0.185. The number of nitrogens with one attached hydrogen (secondary N) is 1. The van der Waals surface area contributed by atoms with Gasteiger partial charge in [0.2, 0.25) is 0 Å². The second-order valence-electron chi connectivity index (χ2n) is 8.16. The Morgan fingerprint density at radius 3 is 2.66 bits per heavy atom. The molecule has 1 amide bonds. The van der Waals surface area contributed by atoms with E-state index in [0.717, 1.165) is 52.2 Å². The third kappa shape index (κ3) is 4.53. The van der Waals surface area contributed by atoms with E-state index in [2.05, 4.69) is 33.2 Å². The third-order valence-corrected chi connectivity index (χ3v) is 5.30. The molecule has 7 nitrogen and oxygen atoms in total. The fourth-order valence-corrected chi connectivity index (χ4v) is 3.93. The molecule has 0 radical (unpaired) electrons. The third-order valence-electron chi connectivity index (χ3n) is 5.30. The van der Waals surface area contributed by atoms with Crippen molar-refractivity contribution in [2.24, 2.45) is 0 Å². The molecule has 0 unspecified atom stereocenters. The molecule has 164 valence electrons. The zero-order chi connectivity index (χ0) is 22.7. The van der Waals surface area contributed by atoms with Crippen LogP contribution in [0.5, 0.6) is 0 Å². The lowest BCUT2D eigenvalue weighted by atomic mass is 10.1. The van der Waals surface area contributed by atoms with Crippen molar-refractivity contribution in [1.82, 2.24) is 24.6 Å². The first-order valence-corrected chi connectivity index (χ1v) is 10.8. The Bertz CT molecular complexity index is 1250. The molecule has 1 aromatic carbocycles. The average molecular weight is 429 g/mol. The van der Waals surface area contributed by atoms with E-state index >= 15 is 0 Å². The van der Waals surface area contributed by atoms with Gasteiger partial charge in [0.1, 0.15) is 0 Å². The van der Waals surface area contributed by atoms with Gasteiger partial charge in [0.25, 0.3) is 5.91 Å². The molecule has 4 rings (SSSR count). The van der Waals surface area contributed by atoms with Crippen LogP contribution in [-0.2, 0) is 19.5 Å². The first-order valence-electron chi connectivity index (χ1n) is 10.8. The molecule has 0 aliphatic carbocycles. The predicted octanol–water partition coefficient (Wildman–Crippen LogP) is 4.06. The largest absolute Gasteiger partial charge is 0.321 e. The van der Waals surface area contributed by atoms with Gasteiger partial charge in [-0.05, 0) is 63.3 Å². The number of benzene rings is 1. The Hall–Kier alpha value is -3.58. The molecule has 0 aliphatic rings. The summed E-state index contributed by atoms with van der Waals surface area (Å²) in [4.78, 5) is 23.7. The summed E-state index contributed by atoms with van der Waals surface area (Å²) in [5, 5.41) is 9.00. The van der Waals surface area contributed by atoms with E-state index in [9.17, 15) is 4.79 Å². The van der Waals surface area contributed by atoms with Crippen molar-refractivity contribution in [2.75, 3.05) is 19.4 Å². The van der Waals surface area contributed by atoms with Crippen molar-refractivity contribution < 1.29 is 4.79 Å². The van der Waals surface area contributed by atoms with Gasteiger partial charge >= 0.3 is 0 Å². The Kier molecular flexibility index (Phi) is 6.28. The molecule has 3 heterocycles. The minimum Gasteiger partial charge on any atom is -0.321 e. The lowest BCUT2D eigenvalue weighted by Crippen LogP contribution is -2.15. The quantitative estimate of drug-likeness (QED) is 0.480. The summed E-state index contributed by atoms with van der Waals surface area (Å²) >= 11 is 0. The van der Waals surface area contributed by atoms with Crippen LogP contribution in [0.15, 0.2) is 54.9 Å². The molecule has 0 bridgehead atoms. The molecule has 32 heavy (non-hydrogen) atoms. The van der Waals surface area contributed by atoms with E-state index < -0.39 is 0 Å². The molecular formula is C25H28N6O. The number of hydrogen-bond donors (Lipinski definition) is 1. The van der Waals surface area contributed by atoms with Gasteiger partial charge in [-0.3, -0.25) is 19.4 Å². The topological polar surface area (TPSA) is 75.9 Å². The summed E-state index contributed by atoms with van der Waals surface area (Å²) in [7, 11) is 4.10. The fourth-order valence-electron chi connectivity index (χ4n) is 3.93. The molecule has 0 atom stereocenters. The van der Waals surface area contributed by atoms with Gasteiger partial charge in [0.15, 0.2) is 0 Å². The van der Waals surface area contributed by atoms with Crippen LogP contribution < -0.4 is 5.32 Å². The number of fused-ring (bicyclic) bond motifs is 1. The maximum absolute atomic E-state index is 12.9. The Balaban J connectivity index is 1.83. The highest BCUT2D eigenvalue weighted by Crippen LogP contribution is 2.32. The first kappa shape index (κ1) is 21.6. The molecule has 0 saturated heterocycles. The number of carbonyl (C=O) groups excluding carboxylic acids is 1. The molecule has 0 fully saturated rings. The molecule has 0 saturated carbocycles. The molecule has 0 aliphatic heterocycles. The van der Waals surface area contributed by atoms with Gasteiger partial charge in [0, 0.05) is 30.0 Å². The number of pyridine rings is 2. The van der Waals surface area contributed by atoms with Gasteiger partial charge in [-0.25, -0.2) is 0 Å². The van der Waals surface area contributed by atoms with Gasteiger partial charge in [-0.1, -0.05) is 19.1 Å². The Morgan fingerprint density at radius 1 is 1.12 bits per heavy atom. The summed E-state index contributed by atoms with van der Waals surface area (Å²) in [6.07, 6.45) is 3.98. The first-order chi connectivity index (χ1) is 15.5. The van der Waals surface area contributed by atoms with Gasteiger partial charge in [-0.2, -0.15) is 5.10 Å². The zero-order valence-corrected chi connectivity index (χ0v) is 19.0. The zero-order valence-electron chi connectivity index (χ0n) is 19.0. The van der Waals surface area contributed by atoms with Gasteiger partial charge in [-0.15, -0.1) is 0 Å². The number of rotatable bonds is 7. The van der Waals surface area contributed by atoms with Crippen LogP contribution in [0.25, 0.3) is 10.9 Å². The van der Waals surface area contributed by atoms with Crippen molar-refractivity contribution in [3.63, 3.8) is 0 Å². The summed E-state index contributed by atoms with van der Waals surface area (Å²) in [6, 6.07) is 13.6. The highest BCUT2D eigenvalue weighted by Gasteiger charge is 2.19. The lowest BCUT2D eigenvalue weighted by Gasteiger charge is -2.15. The maximum Gasteiger partial charge on any atom is 0.257 e. The van der Waals surface area contributed by atoms with Crippen molar-refractivity contribution in [3.8, 4) is 0 Å². The second kappa shape index (κ2) is 9.28. The van der Waals surface area contributed by atoms with Crippen molar-refractivity contribution in [3.05, 3.63) is 83.1 Å². The summed E-state index contributed by atoms with van der Waals surface area (Å²) in [6.45, 7) is 5.41.